The highest BCUT2D eigenvalue weighted by Crippen LogP contribution is 2.42. The van der Waals surface area contributed by atoms with Crippen molar-refractivity contribution in [3.05, 3.63) is 188 Å². The van der Waals surface area contributed by atoms with E-state index in [0.29, 0.717) is 17.5 Å². The van der Waals surface area contributed by atoms with E-state index in [1.807, 2.05) is 28.7 Å². The molecule has 0 aliphatic rings. The zero-order valence-electron chi connectivity index (χ0n) is 30.1. The predicted octanol–water partition coefficient (Wildman–Crippen LogP) is 14.6. The van der Waals surface area contributed by atoms with E-state index >= 15 is 0 Å². The predicted molar refractivity (Wildman–Crippen MR) is 238 cm³/mol. The van der Waals surface area contributed by atoms with E-state index in [1.54, 1.807) is 0 Å². The largest absolute Gasteiger partial charge is 0.208 e. The zero-order chi connectivity index (χ0) is 37.0. The van der Waals surface area contributed by atoms with Gasteiger partial charge in [0, 0.05) is 57.0 Å². The number of hydrogen-bond acceptors (Lipinski definition) is 5. The Morgan fingerprint density at radius 1 is 0.286 bits per heavy atom. The molecule has 0 fully saturated rings. The van der Waals surface area contributed by atoms with Gasteiger partial charge in [-0.15, -0.1) is 22.7 Å². The van der Waals surface area contributed by atoms with Crippen molar-refractivity contribution in [3.63, 3.8) is 0 Å². The Balaban J connectivity index is 1.10. The van der Waals surface area contributed by atoms with Gasteiger partial charge in [0.1, 0.15) is 0 Å². The summed E-state index contributed by atoms with van der Waals surface area (Å²) in [5.74, 6) is 1.90. The summed E-state index contributed by atoms with van der Waals surface area (Å²) >= 11 is 3.68. The van der Waals surface area contributed by atoms with E-state index < -0.39 is 0 Å². The first kappa shape index (κ1) is 32.6. The van der Waals surface area contributed by atoms with E-state index in [-0.39, 0.29) is 0 Å². The summed E-state index contributed by atoms with van der Waals surface area (Å²) in [6.45, 7) is 0. The highest BCUT2D eigenvalue weighted by molar-refractivity contribution is 7.26. The number of fused-ring (bicyclic) bond motifs is 6. The molecule has 0 radical (unpaired) electrons. The average Bonchev–Trinajstić information content (AvgIpc) is 3.85. The lowest BCUT2D eigenvalue weighted by Crippen LogP contribution is -2.01. The molecule has 0 saturated carbocycles. The summed E-state index contributed by atoms with van der Waals surface area (Å²) < 4.78 is 5.15. The van der Waals surface area contributed by atoms with Crippen LogP contribution < -0.4 is 0 Å². The molecule has 56 heavy (non-hydrogen) atoms. The maximum absolute atomic E-state index is 5.25. The molecule has 0 aliphatic heterocycles. The van der Waals surface area contributed by atoms with Crippen LogP contribution in [0.2, 0.25) is 0 Å². The molecule has 3 nitrogen and oxygen atoms in total. The van der Waals surface area contributed by atoms with E-state index in [1.165, 1.54) is 51.5 Å². The molecule has 8 aromatic carbocycles. The fourth-order valence-electron chi connectivity index (χ4n) is 7.94. The third kappa shape index (κ3) is 5.60. The summed E-state index contributed by atoms with van der Waals surface area (Å²) in [4.78, 5) is 15.8. The van der Waals surface area contributed by atoms with Crippen LogP contribution in [0.15, 0.2) is 188 Å². The van der Waals surface area contributed by atoms with Crippen molar-refractivity contribution in [2.24, 2.45) is 0 Å². The minimum Gasteiger partial charge on any atom is -0.208 e. The molecule has 0 atom stereocenters. The molecule has 262 valence electrons. The topological polar surface area (TPSA) is 38.7 Å². The van der Waals surface area contributed by atoms with Crippen molar-refractivity contribution >= 4 is 63.0 Å². The van der Waals surface area contributed by atoms with Gasteiger partial charge in [-0.1, -0.05) is 158 Å². The Bertz CT molecular complexity index is 3270. The van der Waals surface area contributed by atoms with Crippen LogP contribution in [-0.4, -0.2) is 15.0 Å². The second-order valence-corrected chi connectivity index (χ2v) is 16.1. The standard InChI is InChI=1S/C51H31N3S2/c1-2-14-32(15-3-1)37-20-4-5-22-42(37)51-53-49(35-18-10-16-33(30-35)38-24-13-29-46-47(38)43-23-7-9-28-45(43)55-46)52-50(54-51)36-19-11-17-34(31-36)39-25-12-26-41-40-21-6-8-27-44(40)56-48(39)41/h1-31H. The van der Waals surface area contributed by atoms with Crippen LogP contribution in [0, 0.1) is 0 Å². The normalized spacial score (nSPS) is 11.6. The molecule has 11 rings (SSSR count). The minimum atomic E-state index is 0.633. The Kier molecular flexibility index (Phi) is 7.87. The lowest BCUT2D eigenvalue weighted by molar-refractivity contribution is 1.07. The Morgan fingerprint density at radius 2 is 0.768 bits per heavy atom. The number of thiophene rings is 2. The first-order chi connectivity index (χ1) is 27.7. The fourth-order valence-corrected chi connectivity index (χ4v) is 10.3. The number of rotatable bonds is 6. The van der Waals surface area contributed by atoms with E-state index in [9.17, 15) is 0 Å². The molecule has 0 unspecified atom stereocenters. The third-order valence-electron chi connectivity index (χ3n) is 10.6. The fraction of sp³-hybridized carbons (Fsp3) is 0. The van der Waals surface area contributed by atoms with Crippen molar-refractivity contribution in [1.82, 2.24) is 15.0 Å². The first-order valence-corrected chi connectivity index (χ1v) is 20.3. The average molecular weight is 750 g/mol. The maximum Gasteiger partial charge on any atom is 0.164 e. The second kappa shape index (κ2) is 13.5. The van der Waals surface area contributed by atoms with Crippen LogP contribution in [0.5, 0.6) is 0 Å². The highest BCUT2D eigenvalue weighted by Gasteiger charge is 2.18. The van der Waals surface area contributed by atoms with Crippen LogP contribution in [0.3, 0.4) is 0 Å². The molecule has 11 aromatic rings. The van der Waals surface area contributed by atoms with E-state index in [0.717, 1.165) is 38.9 Å². The summed E-state index contributed by atoms with van der Waals surface area (Å²) in [6.07, 6.45) is 0. The summed E-state index contributed by atoms with van der Waals surface area (Å²) in [5.41, 5.74) is 9.69. The van der Waals surface area contributed by atoms with Crippen LogP contribution in [0.25, 0.3) is 108 Å². The maximum atomic E-state index is 5.25. The highest BCUT2D eigenvalue weighted by atomic mass is 32.1. The van der Waals surface area contributed by atoms with Crippen molar-refractivity contribution in [3.8, 4) is 67.5 Å². The zero-order valence-corrected chi connectivity index (χ0v) is 31.7. The molecule has 0 saturated heterocycles. The molecule has 0 amide bonds. The van der Waals surface area contributed by atoms with Crippen LogP contribution in [0.1, 0.15) is 0 Å². The van der Waals surface area contributed by atoms with Crippen LogP contribution in [-0.2, 0) is 0 Å². The molecule has 5 heteroatoms. The molecular weight excluding hydrogens is 719 g/mol. The lowest BCUT2D eigenvalue weighted by atomic mass is 9.97. The Hall–Kier alpha value is -6.79. The van der Waals surface area contributed by atoms with Gasteiger partial charge in [-0.2, -0.15) is 0 Å². The Labute approximate surface area is 331 Å². The van der Waals surface area contributed by atoms with Crippen molar-refractivity contribution in [2.45, 2.75) is 0 Å². The smallest absolute Gasteiger partial charge is 0.164 e. The van der Waals surface area contributed by atoms with Crippen molar-refractivity contribution in [2.75, 3.05) is 0 Å². The number of hydrogen-bond donors (Lipinski definition) is 0. The molecule has 3 aromatic heterocycles. The van der Waals surface area contributed by atoms with Gasteiger partial charge in [0.05, 0.1) is 0 Å². The molecular formula is C51H31N3S2. The molecule has 3 heterocycles. The number of nitrogens with zero attached hydrogens (tertiary/aromatic N) is 3. The minimum absolute atomic E-state index is 0.633. The van der Waals surface area contributed by atoms with Gasteiger partial charge < -0.3 is 0 Å². The van der Waals surface area contributed by atoms with E-state index in [2.05, 4.69) is 182 Å². The Morgan fingerprint density at radius 3 is 1.54 bits per heavy atom. The number of benzene rings is 8. The summed E-state index contributed by atoms with van der Waals surface area (Å²) in [7, 11) is 0. The molecule has 0 aliphatic carbocycles. The van der Waals surface area contributed by atoms with Gasteiger partial charge in [-0.25, -0.2) is 15.0 Å². The van der Waals surface area contributed by atoms with Crippen molar-refractivity contribution in [1.29, 1.82) is 0 Å². The molecule has 0 N–H and O–H groups in total. The van der Waals surface area contributed by atoms with Gasteiger partial charge >= 0.3 is 0 Å². The van der Waals surface area contributed by atoms with Gasteiger partial charge in [0.25, 0.3) is 0 Å². The monoisotopic (exact) mass is 749 g/mol. The second-order valence-electron chi connectivity index (χ2n) is 13.9. The van der Waals surface area contributed by atoms with Crippen molar-refractivity contribution < 1.29 is 0 Å². The molecule has 0 bridgehead atoms. The van der Waals surface area contributed by atoms with E-state index in [4.69, 9.17) is 15.0 Å². The van der Waals surface area contributed by atoms with Crippen LogP contribution >= 0.6 is 22.7 Å². The van der Waals surface area contributed by atoms with Gasteiger partial charge in [-0.3, -0.25) is 0 Å². The third-order valence-corrected chi connectivity index (χ3v) is 12.9. The number of aromatic nitrogens is 3. The van der Waals surface area contributed by atoms with Gasteiger partial charge in [-0.05, 0) is 63.7 Å². The van der Waals surface area contributed by atoms with Crippen LogP contribution in [0.4, 0.5) is 0 Å². The summed E-state index contributed by atoms with van der Waals surface area (Å²) in [5, 5.41) is 5.13. The summed E-state index contributed by atoms with van der Waals surface area (Å²) in [6, 6.07) is 66.7. The lowest BCUT2D eigenvalue weighted by Gasteiger charge is -2.13. The first-order valence-electron chi connectivity index (χ1n) is 18.7. The molecule has 0 spiro atoms. The van der Waals surface area contributed by atoms with Gasteiger partial charge in [0.15, 0.2) is 17.5 Å². The quantitative estimate of drug-likeness (QED) is 0.170. The SMILES string of the molecule is c1ccc(-c2ccccc2-c2nc(-c3cccc(-c4cccc5c4sc4ccccc45)c3)nc(-c3cccc(-c4cccc5sc6ccccc6c45)c3)n2)cc1. The van der Waals surface area contributed by atoms with Gasteiger partial charge in [0.2, 0.25) is 0 Å².